The van der Waals surface area contributed by atoms with Gasteiger partial charge in [0.1, 0.15) is 0 Å². The average Bonchev–Trinajstić information content (AvgIpc) is 2.46. The lowest BCUT2D eigenvalue weighted by Gasteiger charge is -2.35. The molecule has 21 heavy (non-hydrogen) atoms. The fourth-order valence-electron chi connectivity index (χ4n) is 4.18. The van der Waals surface area contributed by atoms with Gasteiger partial charge in [-0.3, -0.25) is 0 Å². The number of rotatable bonds is 6. The van der Waals surface area contributed by atoms with Crippen molar-refractivity contribution < 1.29 is 0 Å². The average molecular weight is 287 g/mol. The Morgan fingerprint density at radius 3 is 2.43 bits per heavy atom. The number of nitrogens with one attached hydrogen (secondary N) is 1. The van der Waals surface area contributed by atoms with Gasteiger partial charge in [0.05, 0.1) is 0 Å². The van der Waals surface area contributed by atoms with E-state index in [-0.39, 0.29) is 0 Å². The summed E-state index contributed by atoms with van der Waals surface area (Å²) in [5.74, 6) is 1.83. The molecule has 1 saturated carbocycles. The number of hydrogen-bond acceptors (Lipinski definition) is 1. The van der Waals surface area contributed by atoms with E-state index < -0.39 is 0 Å². The molecule has 0 saturated heterocycles. The van der Waals surface area contributed by atoms with Crippen LogP contribution < -0.4 is 5.32 Å². The molecule has 1 N–H and O–H groups in total. The highest BCUT2D eigenvalue weighted by molar-refractivity contribution is 5.29. The van der Waals surface area contributed by atoms with E-state index in [1.165, 1.54) is 55.2 Å². The van der Waals surface area contributed by atoms with Crippen molar-refractivity contribution in [2.45, 2.75) is 72.3 Å². The zero-order valence-electron chi connectivity index (χ0n) is 14.4. The van der Waals surface area contributed by atoms with Crippen LogP contribution in [-0.2, 0) is 6.42 Å². The van der Waals surface area contributed by atoms with E-state index in [4.69, 9.17) is 0 Å². The Morgan fingerprint density at radius 2 is 1.81 bits per heavy atom. The molecule has 0 radical (unpaired) electrons. The Bertz CT molecular complexity index is 417. The van der Waals surface area contributed by atoms with Gasteiger partial charge >= 0.3 is 0 Å². The van der Waals surface area contributed by atoms with E-state index in [0.29, 0.717) is 6.04 Å². The molecule has 0 amide bonds. The van der Waals surface area contributed by atoms with Crippen molar-refractivity contribution >= 4 is 0 Å². The third kappa shape index (κ3) is 4.85. The molecule has 0 heterocycles. The highest BCUT2D eigenvalue weighted by Crippen LogP contribution is 2.34. The molecule has 3 unspecified atom stereocenters. The predicted octanol–water partition coefficient (Wildman–Crippen LogP) is 5.04. The van der Waals surface area contributed by atoms with Crippen LogP contribution in [-0.4, -0.2) is 12.6 Å². The summed E-state index contributed by atoms with van der Waals surface area (Å²) < 4.78 is 0. The van der Waals surface area contributed by atoms with Gasteiger partial charge in [0, 0.05) is 6.04 Å². The second-order valence-corrected chi connectivity index (χ2v) is 7.07. The zero-order valence-corrected chi connectivity index (χ0v) is 14.4. The van der Waals surface area contributed by atoms with Crippen molar-refractivity contribution in [2.75, 3.05) is 6.54 Å². The van der Waals surface area contributed by atoms with Crippen molar-refractivity contribution in [2.24, 2.45) is 11.8 Å². The lowest BCUT2D eigenvalue weighted by Crippen LogP contribution is -2.40. The molecule has 1 aliphatic rings. The van der Waals surface area contributed by atoms with Gasteiger partial charge in [0.25, 0.3) is 0 Å². The van der Waals surface area contributed by atoms with Crippen LogP contribution in [0.15, 0.2) is 18.2 Å². The molecule has 1 heteroatoms. The summed E-state index contributed by atoms with van der Waals surface area (Å²) in [5, 5.41) is 3.78. The highest BCUT2D eigenvalue weighted by Gasteiger charge is 2.27. The van der Waals surface area contributed by atoms with Crippen molar-refractivity contribution in [1.29, 1.82) is 0 Å². The molecular formula is C20H33N. The van der Waals surface area contributed by atoms with Crippen molar-refractivity contribution in [3.05, 3.63) is 34.9 Å². The molecule has 1 fully saturated rings. The normalized spacial score (nSPS) is 24.0. The van der Waals surface area contributed by atoms with E-state index in [1.807, 2.05) is 0 Å². The lowest BCUT2D eigenvalue weighted by atomic mass is 9.75. The van der Waals surface area contributed by atoms with Crippen LogP contribution in [0.4, 0.5) is 0 Å². The Kier molecular flexibility index (Phi) is 6.29. The Morgan fingerprint density at radius 1 is 1.10 bits per heavy atom. The highest BCUT2D eigenvalue weighted by atomic mass is 14.9. The summed E-state index contributed by atoms with van der Waals surface area (Å²) >= 11 is 0. The standard InChI is InChI=1S/C20H33N/c1-5-17-8-7-9-19(13-17)20(21-6-2)14-18-11-15(3)10-16(4)12-18/h10-12,17,19-21H,5-9,13-14H2,1-4H3. The smallest absolute Gasteiger partial charge is 0.0136 e. The third-order valence-corrected chi connectivity index (χ3v) is 5.17. The molecule has 118 valence electrons. The minimum atomic E-state index is 0.658. The molecule has 1 aromatic carbocycles. The molecule has 1 aromatic rings. The molecule has 3 atom stereocenters. The van der Waals surface area contributed by atoms with E-state index in [2.05, 4.69) is 51.2 Å². The van der Waals surface area contributed by atoms with Crippen LogP contribution in [0.5, 0.6) is 0 Å². The number of likely N-dealkylation sites (N-methyl/N-ethyl adjacent to an activating group) is 1. The summed E-state index contributed by atoms with van der Waals surface area (Å²) in [6.45, 7) is 10.1. The molecule has 2 rings (SSSR count). The molecule has 0 aromatic heterocycles. The first-order valence-corrected chi connectivity index (χ1v) is 8.92. The molecular weight excluding hydrogens is 254 g/mol. The van der Waals surface area contributed by atoms with E-state index in [9.17, 15) is 0 Å². The Labute approximate surface area is 131 Å². The van der Waals surface area contributed by atoms with Gasteiger partial charge in [0.15, 0.2) is 0 Å². The zero-order chi connectivity index (χ0) is 15.2. The largest absolute Gasteiger partial charge is 0.314 e. The first kappa shape index (κ1) is 16.5. The van der Waals surface area contributed by atoms with Gasteiger partial charge in [-0.1, -0.05) is 62.4 Å². The minimum absolute atomic E-state index is 0.658. The van der Waals surface area contributed by atoms with Gasteiger partial charge in [-0.05, 0) is 57.1 Å². The SMILES string of the molecule is CCNC(Cc1cc(C)cc(C)c1)C1CCCC(CC)C1. The third-order valence-electron chi connectivity index (χ3n) is 5.17. The monoisotopic (exact) mass is 287 g/mol. The van der Waals surface area contributed by atoms with Crippen LogP contribution in [0, 0.1) is 25.7 Å². The van der Waals surface area contributed by atoms with Crippen LogP contribution >= 0.6 is 0 Å². The summed E-state index contributed by atoms with van der Waals surface area (Å²) in [6, 6.07) is 7.68. The van der Waals surface area contributed by atoms with Crippen LogP contribution in [0.3, 0.4) is 0 Å². The second kappa shape index (κ2) is 7.98. The summed E-state index contributed by atoms with van der Waals surface area (Å²) in [6.07, 6.45) is 8.28. The summed E-state index contributed by atoms with van der Waals surface area (Å²) in [4.78, 5) is 0. The Balaban J connectivity index is 2.07. The summed E-state index contributed by atoms with van der Waals surface area (Å²) in [5.41, 5.74) is 4.31. The first-order valence-electron chi connectivity index (χ1n) is 8.92. The van der Waals surface area contributed by atoms with E-state index in [0.717, 1.165) is 18.4 Å². The van der Waals surface area contributed by atoms with Gasteiger partial charge in [-0.25, -0.2) is 0 Å². The Hall–Kier alpha value is -0.820. The maximum atomic E-state index is 3.78. The summed E-state index contributed by atoms with van der Waals surface area (Å²) in [7, 11) is 0. The van der Waals surface area contributed by atoms with Crippen molar-refractivity contribution in [3.63, 3.8) is 0 Å². The van der Waals surface area contributed by atoms with Crippen LogP contribution in [0.1, 0.15) is 62.6 Å². The number of hydrogen-bond donors (Lipinski definition) is 1. The van der Waals surface area contributed by atoms with Crippen molar-refractivity contribution in [3.8, 4) is 0 Å². The van der Waals surface area contributed by atoms with Gasteiger partial charge < -0.3 is 5.32 Å². The van der Waals surface area contributed by atoms with Crippen molar-refractivity contribution in [1.82, 2.24) is 5.32 Å². The lowest BCUT2D eigenvalue weighted by molar-refractivity contribution is 0.208. The second-order valence-electron chi connectivity index (χ2n) is 7.07. The van der Waals surface area contributed by atoms with E-state index in [1.54, 1.807) is 0 Å². The van der Waals surface area contributed by atoms with Gasteiger partial charge in [-0.15, -0.1) is 0 Å². The van der Waals surface area contributed by atoms with E-state index >= 15 is 0 Å². The fraction of sp³-hybridized carbons (Fsp3) is 0.700. The predicted molar refractivity (Wildman–Crippen MR) is 92.8 cm³/mol. The van der Waals surface area contributed by atoms with Gasteiger partial charge in [-0.2, -0.15) is 0 Å². The minimum Gasteiger partial charge on any atom is -0.314 e. The quantitative estimate of drug-likeness (QED) is 0.773. The molecule has 0 aliphatic heterocycles. The number of benzene rings is 1. The maximum Gasteiger partial charge on any atom is 0.0136 e. The maximum absolute atomic E-state index is 3.78. The van der Waals surface area contributed by atoms with Gasteiger partial charge in [0.2, 0.25) is 0 Å². The first-order chi connectivity index (χ1) is 10.1. The van der Waals surface area contributed by atoms with Crippen LogP contribution in [0.2, 0.25) is 0 Å². The molecule has 0 bridgehead atoms. The molecule has 1 aliphatic carbocycles. The molecule has 0 spiro atoms. The fourth-order valence-corrected chi connectivity index (χ4v) is 4.18. The topological polar surface area (TPSA) is 12.0 Å². The van der Waals surface area contributed by atoms with Crippen LogP contribution in [0.25, 0.3) is 0 Å². The number of aryl methyl sites for hydroxylation is 2. The molecule has 1 nitrogen and oxygen atoms in total.